The Kier molecular flexibility index (Phi) is 5.99. The van der Waals surface area contributed by atoms with Crippen molar-refractivity contribution in [3.63, 3.8) is 0 Å². The van der Waals surface area contributed by atoms with Crippen LogP contribution in [0.4, 0.5) is 5.69 Å². The van der Waals surface area contributed by atoms with Gasteiger partial charge >= 0.3 is 5.97 Å². The Balaban J connectivity index is 1.54. The van der Waals surface area contributed by atoms with E-state index < -0.39 is 5.97 Å². The van der Waals surface area contributed by atoms with E-state index in [1.807, 2.05) is 0 Å². The van der Waals surface area contributed by atoms with Gasteiger partial charge in [-0.05, 0) is 60.7 Å². The van der Waals surface area contributed by atoms with Crippen LogP contribution in [0.15, 0.2) is 66.4 Å². The minimum absolute atomic E-state index is 0.0250. The number of allylic oxidation sites excluding steroid dienone is 1. The van der Waals surface area contributed by atoms with Crippen LogP contribution in [-0.2, 0) is 0 Å². The van der Waals surface area contributed by atoms with Crippen LogP contribution < -0.4 is 24.2 Å². The molecule has 0 atom stereocenters. The number of benzene rings is 3. The van der Waals surface area contributed by atoms with Crippen molar-refractivity contribution in [3.8, 4) is 23.0 Å². The minimum Gasteiger partial charge on any atom is -0.733 e. The summed E-state index contributed by atoms with van der Waals surface area (Å²) in [5.74, 6) is 0.626. The Morgan fingerprint density at radius 2 is 1.73 bits per heavy atom. The lowest BCUT2D eigenvalue weighted by atomic mass is 10.1. The molecule has 0 spiro atoms. The molecule has 0 radical (unpaired) electrons. The van der Waals surface area contributed by atoms with Crippen LogP contribution in [0.2, 0.25) is 0 Å². The first-order valence-corrected chi connectivity index (χ1v) is 9.68. The number of rotatable bonds is 6. The maximum absolute atomic E-state index is 12.8. The molecule has 1 heterocycles. The fraction of sp³-hybridized carbons (Fsp3) is 0.0833. The number of hydrogen-bond acceptors (Lipinski definition) is 9. The van der Waals surface area contributed by atoms with Gasteiger partial charge in [0.05, 0.1) is 31.0 Å². The van der Waals surface area contributed by atoms with E-state index in [-0.39, 0.29) is 39.5 Å². The molecule has 3 aromatic carbocycles. The number of Topliss-reactive ketones (excluding diaryl/α,β-unsaturated/α-hetero) is 1. The zero-order valence-corrected chi connectivity index (χ0v) is 17.6. The maximum Gasteiger partial charge on any atom is 0.343 e. The van der Waals surface area contributed by atoms with Crippen LogP contribution in [0.25, 0.3) is 6.08 Å². The molecule has 9 heteroatoms. The number of carbonyl (C=O) groups excluding carboxylic acids is 2. The summed E-state index contributed by atoms with van der Waals surface area (Å²) in [5.41, 5.74) is 1.07. The second kappa shape index (κ2) is 9.03. The van der Waals surface area contributed by atoms with Crippen LogP contribution in [0.3, 0.4) is 0 Å². The third kappa shape index (κ3) is 4.49. The molecule has 168 valence electrons. The van der Waals surface area contributed by atoms with Crippen LogP contribution in [-0.4, -0.2) is 31.2 Å². The SMILES string of the molecule is COc1ccc(OC)c(C=C2Oc3cc(OC(=O)c4ccc(N([O-])O)cc4)ccc3C2=O)c1. The molecule has 0 aliphatic carbocycles. The van der Waals surface area contributed by atoms with Crippen LogP contribution >= 0.6 is 0 Å². The summed E-state index contributed by atoms with van der Waals surface area (Å²) in [4.78, 5) is 25.1. The number of anilines is 1. The topological polar surface area (TPSA) is 118 Å². The quantitative estimate of drug-likeness (QED) is 0.256. The van der Waals surface area contributed by atoms with Crippen molar-refractivity contribution in [2.75, 3.05) is 19.4 Å². The molecule has 0 saturated carbocycles. The molecule has 0 unspecified atom stereocenters. The Bertz CT molecular complexity index is 1250. The van der Waals surface area contributed by atoms with Crippen molar-refractivity contribution in [2.24, 2.45) is 0 Å². The van der Waals surface area contributed by atoms with E-state index in [2.05, 4.69) is 0 Å². The van der Waals surface area contributed by atoms with Gasteiger partial charge in [0, 0.05) is 11.6 Å². The molecule has 33 heavy (non-hydrogen) atoms. The molecular weight excluding hydrogens is 430 g/mol. The van der Waals surface area contributed by atoms with E-state index in [4.69, 9.17) is 24.2 Å². The van der Waals surface area contributed by atoms with Crippen molar-refractivity contribution >= 4 is 23.5 Å². The molecule has 0 aromatic heterocycles. The average Bonchev–Trinajstić information content (AvgIpc) is 3.13. The van der Waals surface area contributed by atoms with E-state index in [9.17, 15) is 14.8 Å². The van der Waals surface area contributed by atoms with E-state index in [1.54, 1.807) is 24.3 Å². The second-order valence-corrected chi connectivity index (χ2v) is 6.91. The lowest BCUT2D eigenvalue weighted by Gasteiger charge is -2.21. The Morgan fingerprint density at radius 1 is 1.00 bits per heavy atom. The van der Waals surface area contributed by atoms with E-state index in [1.165, 1.54) is 56.7 Å². The van der Waals surface area contributed by atoms with Gasteiger partial charge in [-0.3, -0.25) is 10.0 Å². The molecule has 0 bridgehead atoms. The van der Waals surface area contributed by atoms with Crippen LogP contribution in [0.5, 0.6) is 23.0 Å². The number of hydrogen-bond donors (Lipinski definition) is 1. The zero-order chi connectivity index (χ0) is 23.5. The van der Waals surface area contributed by atoms with Gasteiger partial charge in [0.1, 0.15) is 23.0 Å². The molecule has 9 nitrogen and oxygen atoms in total. The van der Waals surface area contributed by atoms with Gasteiger partial charge in [0.2, 0.25) is 5.78 Å². The molecule has 0 fully saturated rings. The predicted octanol–water partition coefficient (Wildman–Crippen LogP) is 4.23. The summed E-state index contributed by atoms with van der Waals surface area (Å²) < 4.78 is 21.6. The number of fused-ring (bicyclic) bond motifs is 1. The molecule has 1 aliphatic heterocycles. The Morgan fingerprint density at radius 3 is 2.39 bits per heavy atom. The number of methoxy groups -OCH3 is 2. The second-order valence-electron chi connectivity index (χ2n) is 6.91. The fourth-order valence-electron chi connectivity index (χ4n) is 3.22. The highest BCUT2D eigenvalue weighted by atomic mass is 16.8. The van der Waals surface area contributed by atoms with Crippen molar-refractivity contribution in [1.82, 2.24) is 0 Å². The fourth-order valence-corrected chi connectivity index (χ4v) is 3.22. The van der Waals surface area contributed by atoms with Crippen molar-refractivity contribution in [2.45, 2.75) is 0 Å². The summed E-state index contributed by atoms with van der Waals surface area (Å²) in [6.07, 6.45) is 1.55. The van der Waals surface area contributed by atoms with Gasteiger partial charge in [0.25, 0.3) is 0 Å². The highest BCUT2D eigenvalue weighted by Crippen LogP contribution is 2.36. The molecule has 1 N–H and O–H groups in total. The van der Waals surface area contributed by atoms with Gasteiger partial charge in [-0.15, -0.1) is 0 Å². The highest BCUT2D eigenvalue weighted by Gasteiger charge is 2.28. The number of nitrogens with zero attached hydrogens (tertiary/aromatic N) is 1. The van der Waals surface area contributed by atoms with Crippen molar-refractivity contribution in [1.29, 1.82) is 0 Å². The number of ether oxygens (including phenoxy) is 4. The number of esters is 1. The molecule has 1 aliphatic rings. The zero-order valence-electron chi connectivity index (χ0n) is 17.6. The summed E-state index contributed by atoms with van der Waals surface area (Å²) >= 11 is 0. The van der Waals surface area contributed by atoms with Crippen LogP contribution in [0, 0.1) is 5.21 Å². The maximum atomic E-state index is 12.8. The highest BCUT2D eigenvalue weighted by molar-refractivity contribution is 6.14. The summed E-state index contributed by atoms with van der Waals surface area (Å²) in [6, 6.07) is 14.8. The molecule has 0 amide bonds. The summed E-state index contributed by atoms with van der Waals surface area (Å²) in [5, 5.41) is 19.4. The largest absolute Gasteiger partial charge is 0.733 e. The molecule has 0 saturated heterocycles. The smallest absolute Gasteiger partial charge is 0.343 e. The number of carbonyl (C=O) groups is 2. The van der Waals surface area contributed by atoms with E-state index >= 15 is 0 Å². The Hall–Kier alpha value is -4.34. The minimum atomic E-state index is -0.682. The first-order chi connectivity index (χ1) is 15.9. The lowest BCUT2D eigenvalue weighted by molar-refractivity contribution is 0.0734. The van der Waals surface area contributed by atoms with E-state index in [0.29, 0.717) is 22.6 Å². The van der Waals surface area contributed by atoms with Crippen molar-refractivity contribution < 1.29 is 33.7 Å². The first-order valence-electron chi connectivity index (χ1n) is 9.68. The lowest BCUT2D eigenvalue weighted by Crippen LogP contribution is -2.10. The van der Waals surface area contributed by atoms with Crippen molar-refractivity contribution in [3.05, 3.63) is 88.3 Å². The van der Waals surface area contributed by atoms with Gasteiger partial charge in [-0.1, -0.05) is 0 Å². The number of ketones is 1. The Labute approximate surface area is 188 Å². The molecular formula is C24H18NO8-. The third-order valence-electron chi connectivity index (χ3n) is 4.90. The van der Waals surface area contributed by atoms with Gasteiger partial charge in [-0.2, -0.15) is 0 Å². The monoisotopic (exact) mass is 448 g/mol. The molecule has 4 rings (SSSR count). The van der Waals surface area contributed by atoms with Gasteiger partial charge in [0.15, 0.2) is 5.76 Å². The normalized spacial score (nSPS) is 13.3. The van der Waals surface area contributed by atoms with Gasteiger partial charge < -0.3 is 29.4 Å². The van der Waals surface area contributed by atoms with Gasteiger partial charge in [-0.25, -0.2) is 4.79 Å². The molecule has 3 aromatic rings. The standard InChI is InChI=1S/C24H18NO8/c1-30-17-8-10-20(31-2)15(11-17)12-22-23(26)19-9-7-18(13-21(19)33-22)32-24(27)14-3-5-16(6-4-14)25(28)29/h3-13,28H,1-2H3/q-1. The van der Waals surface area contributed by atoms with E-state index in [0.717, 1.165) is 0 Å². The average molecular weight is 448 g/mol. The predicted molar refractivity (Wildman–Crippen MR) is 118 cm³/mol. The first kappa shape index (κ1) is 21.9. The third-order valence-corrected chi connectivity index (χ3v) is 4.90. The summed E-state index contributed by atoms with van der Waals surface area (Å²) in [7, 11) is 3.05. The summed E-state index contributed by atoms with van der Waals surface area (Å²) in [6.45, 7) is 0. The van der Waals surface area contributed by atoms with Crippen LogP contribution in [0.1, 0.15) is 26.3 Å².